The number of imide groups is 1. The Morgan fingerprint density at radius 3 is 2.22 bits per heavy atom. The fraction of sp³-hybridized carbons (Fsp3) is 0.429. The van der Waals surface area contributed by atoms with E-state index in [1.54, 1.807) is 0 Å². The minimum absolute atomic E-state index is 0.0570. The van der Waals surface area contributed by atoms with Gasteiger partial charge in [-0.1, -0.05) is 18.2 Å². The molecule has 1 aliphatic carbocycles. The number of aromatic amines is 1. The van der Waals surface area contributed by atoms with E-state index in [-0.39, 0.29) is 29.7 Å². The summed E-state index contributed by atoms with van der Waals surface area (Å²) < 4.78 is 33.4. The van der Waals surface area contributed by atoms with Crippen LogP contribution < -0.4 is 26.2 Å². The molecule has 6 fully saturated rings. The van der Waals surface area contributed by atoms with Gasteiger partial charge in [0.05, 0.1) is 11.1 Å². The molecule has 0 unspecified atom stereocenters. The lowest BCUT2D eigenvalue weighted by Gasteiger charge is -2.50. The number of nitrogens with zero attached hydrogens (tertiary/aromatic N) is 4. The van der Waals surface area contributed by atoms with E-state index in [0.29, 0.717) is 60.7 Å². The molecule has 5 N–H and O–H groups in total. The molecule has 6 aliphatic rings. The van der Waals surface area contributed by atoms with Crippen LogP contribution in [-0.4, -0.2) is 115 Å². The van der Waals surface area contributed by atoms with E-state index in [1.165, 1.54) is 17.7 Å². The molecule has 4 aromatic carbocycles. The summed E-state index contributed by atoms with van der Waals surface area (Å²) in [5.74, 6) is -1.02. The molecular formula is C49H55F2N9O4. The molecule has 5 aromatic rings. The highest BCUT2D eigenvalue weighted by Gasteiger charge is 2.57. The number of ether oxygens (including phenoxy) is 1. The van der Waals surface area contributed by atoms with Crippen molar-refractivity contribution in [1.29, 1.82) is 0 Å². The number of hydrogen-bond donors (Lipinski definition) is 5. The largest absolute Gasteiger partial charge is 0.381 e. The second kappa shape index (κ2) is 17.9. The van der Waals surface area contributed by atoms with Crippen molar-refractivity contribution in [3.8, 4) is 0 Å². The number of piperazine rings is 1. The summed E-state index contributed by atoms with van der Waals surface area (Å²) >= 11 is 0. The van der Waals surface area contributed by atoms with Gasteiger partial charge in [-0.2, -0.15) is 5.10 Å². The molecule has 15 heteroatoms. The number of fused-ring (bicyclic) bond motifs is 3. The molecule has 64 heavy (non-hydrogen) atoms. The number of likely N-dealkylation sites (tertiary alicyclic amines) is 1. The summed E-state index contributed by atoms with van der Waals surface area (Å²) in [5.41, 5.74) is 6.08. The number of carbonyl (C=O) groups is 3. The average Bonchev–Trinajstić information content (AvgIpc) is 3.68. The number of piperidine rings is 3. The van der Waals surface area contributed by atoms with Crippen LogP contribution in [0.1, 0.15) is 71.5 Å². The molecule has 5 aliphatic heterocycles. The van der Waals surface area contributed by atoms with Crippen LogP contribution in [0.4, 0.5) is 31.7 Å². The zero-order chi connectivity index (χ0) is 43.8. The smallest absolute Gasteiger partial charge is 0.258 e. The first kappa shape index (κ1) is 42.1. The molecule has 0 spiro atoms. The van der Waals surface area contributed by atoms with E-state index in [9.17, 15) is 23.2 Å². The van der Waals surface area contributed by atoms with Crippen LogP contribution in [0.5, 0.6) is 0 Å². The lowest BCUT2D eigenvalue weighted by atomic mass is 9.64. The van der Waals surface area contributed by atoms with Gasteiger partial charge in [0.2, 0.25) is 5.91 Å². The number of amides is 3. The summed E-state index contributed by atoms with van der Waals surface area (Å²) in [4.78, 5) is 45.9. The van der Waals surface area contributed by atoms with E-state index >= 15 is 0 Å². The van der Waals surface area contributed by atoms with Crippen molar-refractivity contribution in [2.75, 3.05) is 86.4 Å². The Hall–Kier alpha value is -5.90. The van der Waals surface area contributed by atoms with Crippen LogP contribution >= 0.6 is 0 Å². The van der Waals surface area contributed by atoms with Crippen molar-refractivity contribution in [3.63, 3.8) is 0 Å². The molecule has 5 saturated heterocycles. The quantitative estimate of drug-likeness (QED) is 0.0833. The summed E-state index contributed by atoms with van der Waals surface area (Å²) in [7, 11) is 0. The van der Waals surface area contributed by atoms with Gasteiger partial charge >= 0.3 is 0 Å². The monoisotopic (exact) mass is 871 g/mol. The maximum atomic E-state index is 14.0. The second-order valence-electron chi connectivity index (χ2n) is 18.3. The van der Waals surface area contributed by atoms with Gasteiger partial charge in [0, 0.05) is 93.0 Å². The van der Waals surface area contributed by atoms with E-state index in [1.807, 2.05) is 30.3 Å². The summed E-state index contributed by atoms with van der Waals surface area (Å²) in [6, 6.07) is 23.9. The fourth-order valence-corrected chi connectivity index (χ4v) is 10.3. The first-order chi connectivity index (χ1) is 31.1. The van der Waals surface area contributed by atoms with Gasteiger partial charge in [0.15, 0.2) is 5.82 Å². The van der Waals surface area contributed by atoms with E-state index in [0.717, 1.165) is 112 Å². The number of aromatic nitrogens is 2. The number of hydrogen-bond acceptors (Lipinski definition) is 10. The maximum Gasteiger partial charge on any atom is 0.258 e. The first-order valence-electron chi connectivity index (χ1n) is 22.8. The Morgan fingerprint density at radius 2 is 1.50 bits per heavy atom. The third-order valence-corrected chi connectivity index (χ3v) is 14.1. The molecule has 11 rings (SSSR count). The van der Waals surface area contributed by atoms with Gasteiger partial charge in [0.25, 0.3) is 11.8 Å². The Morgan fingerprint density at radius 1 is 0.781 bits per heavy atom. The van der Waals surface area contributed by atoms with Crippen LogP contribution in [0.25, 0.3) is 10.9 Å². The number of anilines is 4. The molecule has 2 bridgehead atoms. The first-order valence-corrected chi connectivity index (χ1v) is 22.8. The number of nitrogens with one attached hydrogen (secondary N) is 5. The van der Waals surface area contributed by atoms with Gasteiger partial charge < -0.3 is 30.5 Å². The van der Waals surface area contributed by atoms with E-state index in [2.05, 4.69) is 76.5 Å². The molecule has 6 heterocycles. The molecule has 13 nitrogen and oxygen atoms in total. The summed E-state index contributed by atoms with van der Waals surface area (Å²) in [6.45, 7) is 9.27. The van der Waals surface area contributed by atoms with Crippen molar-refractivity contribution >= 4 is 51.5 Å². The highest BCUT2D eigenvalue weighted by atomic mass is 19.1. The topological polar surface area (TPSA) is 147 Å². The standard InChI is InChI=1S/C49H55F2N9O4/c50-36-24-32(25-37(51)27-36)23-31-1-8-43-42(26-31)45(57-56-43)53-47(62)41-7-6-40(28-44(41)52-38-11-21-64-22-12-38)60-19-17-59(18-20-60)16-15-58-13-9-34(10-14-58)33-2-4-39(5-3-33)55-49-29-35(30-49)46(61)54-48(49)63/h1-8,24-28,34-35,38,52,55H,9-23,29-30H2,(H,54,61,63)(H2,53,56,57,62). The van der Waals surface area contributed by atoms with Crippen molar-refractivity contribution in [3.05, 3.63) is 113 Å². The van der Waals surface area contributed by atoms with Crippen molar-refractivity contribution in [1.82, 2.24) is 25.3 Å². The number of halogens is 2. The van der Waals surface area contributed by atoms with Crippen molar-refractivity contribution < 1.29 is 27.9 Å². The minimum Gasteiger partial charge on any atom is -0.381 e. The molecule has 0 radical (unpaired) electrons. The van der Waals surface area contributed by atoms with Crippen LogP contribution in [0, 0.1) is 17.6 Å². The highest BCUT2D eigenvalue weighted by Crippen LogP contribution is 2.44. The molecule has 334 valence electrons. The minimum atomic E-state index is -0.650. The van der Waals surface area contributed by atoms with Gasteiger partial charge in [-0.15, -0.1) is 0 Å². The highest BCUT2D eigenvalue weighted by molar-refractivity contribution is 6.11. The molecular weight excluding hydrogens is 817 g/mol. The van der Waals surface area contributed by atoms with Crippen LogP contribution in [0.2, 0.25) is 0 Å². The third-order valence-electron chi connectivity index (χ3n) is 14.1. The normalized spacial score (nSPS) is 22.3. The van der Waals surface area contributed by atoms with Crippen LogP contribution in [0.15, 0.2) is 78.9 Å². The Balaban J connectivity index is 0.725. The predicted molar refractivity (Wildman–Crippen MR) is 243 cm³/mol. The fourth-order valence-electron chi connectivity index (χ4n) is 10.3. The van der Waals surface area contributed by atoms with E-state index < -0.39 is 17.2 Å². The lowest BCUT2D eigenvalue weighted by Crippen LogP contribution is -2.69. The molecule has 3 amide bonds. The Labute approximate surface area is 371 Å². The number of benzene rings is 4. The maximum absolute atomic E-state index is 14.0. The number of H-pyrrole nitrogens is 1. The SMILES string of the molecule is O=C(Nc1n[nH]c2ccc(Cc3cc(F)cc(F)c3)cc12)c1ccc(N2CCN(CCN3CCC(c4ccc(NC56CC(C5)C(=O)NC6=O)cc4)CC3)CC2)cc1NC1CCOCC1. The molecule has 1 aromatic heterocycles. The predicted octanol–water partition coefficient (Wildman–Crippen LogP) is 6.49. The van der Waals surface area contributed by atoms with Gasteiger partial charge in [-0.25, -0.2) is 8.78 Å². The van der Waals surface area contributed by atoms with Crippen molar-refractivity contribution in [2.24, 2.45) is 5.92 Å². The Kier molecular flexibility index (Phi) is 11.8. The molecule has 0 atom stereocenters. The van der Waals surface area contributed by atoms with E-state index in [4.69, 9.17) is 4.74 Å². The van der Waals surface area contributed by atoms with Gasteiger partial charge in [-0.05, 0) is 135 Å². The lowest BCUT2D eigenvalue weighted by molar-refractivity contribution is -0.149. The van der Waals surface area contributed by atoms with Crippen LogP contribution in [0.3, 0.4) is 0 Å². The summed E-state index contributed by atoms with van der Waals surface area (Å²) in [5, 5.41) is 20.7. The zero-order valence-corrected chi connectivity index (χ0v) is 35.9. The molecule has 1 saturated carbocycles. The summed E-state index contributed by atoms with van der Waals surface area (Å²) in [6.07, 6.45) is 5.41. The van der Waals surface area contributed by atoms with Crippen LogP contribution in [-0.2, 0) is 20.7 Å². The Bertz CT molecular complexity index is 2500. The van der Waals surface area contributed by atoms with Gasteiger partial charge in [0.1, 0.15) is 17.2 Å². The number of rotatable bonds is 13. The zero-order valence-electron chi connectivity index (χ0n) is 35.9. The average molecular weight is 872 g/mol. The third kappa shape index (κ3) is 9.06. The van der Waals surface area contributed by atoms with Crippen molar-refractivity contribution in [2.45, 2.75) is 62.4 Å². The number of carbonyl (C=O) groups excluding carboxylic acids is 3. The second-order valence-corrected chi connectivity index (χ2v) is 18.3. The van der Waals surface area contributed by atoms with Gasteiger partial charge in [-0.3, -0.25) is 29.7 Å².